The lowest BCUT2D eigenvalue weighted by atomic mass is 10.4. The molecule has 1 amide bonds. The molecule has 1 aliphatic rings. The first-order valence-corrected chi connectivity index (χ1v) is 7.84. The van der Waals surface area contributed by atoms with E-state index in [1.165, 1.54) is 0 Å². The van der Waals surface area contributed by atoms with Gasteiger partial charge in [-0.1, -0.05) is 15.9 Å². The molecule has 88 valence electrons. The maximum Gasteiger partial charge on any atom is 0.232 e. The third-order valence-corrected chi connectivity index (χ3v) is 3.50. The molecule has 0 N–H and O–H groups in total. The number of carbonyl (C=O) groups excluding carboxylic acids is 1. The molecule has 0 aromatic heterocycles. The van der Waals surface area contributed by atoms with E-state index in [1.807, 2.05) is 11.2 Å². The van der Waals surface area contributed by atoms with E-state index in [4.69, 9.17) is 0 Å². The van der Waals surface area contributed by atoms with Crippen LogP contribution in [0.25, 0.3) is 0 Å². The summed E-state index contributed by atoms with van der Waals surface area (Å²) in [6.07, 6.45) is 3.08. The minimum absolute atomic E-state index is 0.295. The minimum Gasteiger partial charge on any atom is -0.341 e. The standard InChI is InChI=1S/C10H19BrN2OS/c1-15-9-10(14)13-5-2-4-12(6-3-11)7-8-13/h2-9H2,1H3. The number of hydrogen-bond acceptors (Lipinski definition) is 3. The number of thioether (sulfide) groups is 1. The van der Waals surface area contributed by atoms with E-state index in [0.717, 1.165) is 44.5 Å². The number of hydrogen-bond donors (Lipinski definition) is 0. The summed E-state index contributed by atoms with van der Waals surface area (Å²) in [5.41, 5.74) is 0. The van der Waals surface area contributed by atoms with Crippen LogP contribution in [0.15, 0.2) is 0 Å². The van der Waals surface area contributed by atoms with Crippen molar-refractivity contribution in [2.45, 2.75) is 6.42 Å². The van der Waals surface area contributed by atoms with Crippen LogP contribution in [0, 0.1) is 0 Å². The molecule has 5 heteroatoms. The van der Waals surface area contributed by atoms with Gasteiger partial charge < -0.3 is 9.80 Å². The van der Waals surface area contributed by atoms with E-state index >= 15 is 0 Å². The van der Waals surface area contributed by atoms with E-state index in [0.29, 0.717) is 11.7 Å². The van der Waals surface area contributed by atoms with Crippen molar-refractivity contribution in [3.05, 3.63) is 0 Å². The molecule has 0 saturated carbocycles. The zero-order valence-electron chi connectivity index (χ0n) is 9.25. The lowest BCUT2D eigenvalue weighted by Crippen LogP contribution is -2.36. The summed E-state index contributed by atoms with van der Waals surface area (Å²) in [6, 6.07) is 0. The molecule has 1 fully saturated rings. The van der Waals surface area contributed by atoms with Crippen LogP contribution in [0.4, 0.5) is 0 Å². The maximum atomic E-state index is 11.7. The third kappa shape index (κ3) is 4.74. The number of alkyl halides is 1. The lowest BCUT2D eigenvalue weighted by molar-refractivity contribution is -0.128. The Morgan fingerprint density at radius 1 is 1.33 bits per heavy atom. The molecule has 0 spiro atoms. The molecule has 1 heterocycles. The number of rotatable bonds is 4. The minimum atomic E-state index is 0.295. The monoisotopic (exact) mass is 294 g/mol. The van der Waals surface area contributed by atoms with Crippen LogP contribution in [0.5, 0.6) is 0 Å². The highest BCUT2D eigenvalue weighted by Gasteiger charge is 2.17. The van der Waals surface area contributed by atoms with Gasteiger partial charge >= 0.3 is 0 Å². The van der Waals surface area contributed by atoms with Crippen molar-refractivity contribution in [1.82, 2.24) is 9.80 Å². The second-order valence-electron chi connectivity index (χ2n) is 3.70. The average Bonchev–Trinajstić information content (AvgIpc) is 2.44. The molecule has 0 aliphatic carbocycles. The van der Waals surface area contributed by atoms with Gasteiger partial charge in [-0.2, -0.15) is 11.8 Å². The zero-order valence-corrected chi connectivity index (χ0v) is 11.6. The molecule has 0 aromatic carbocycles. The van der Waals surface area contributed by atoms with Crippen LogP contribution >= 0.6 is 27.7 Å². The zero-order chi connectivity index (χ0) is 11.1. The lowest BCUT2D eigenvalue weighted by Gasteiger charge is -2.21. The number of halogens is 1. The first kappa shape index (κ1) is 13.3. The molecule has 15 heavy (non-hydrogen) atoms. The smallest absolute Gasteiger partial charge is 0.232 e. The van der Waals surface area contributed by atoms with Crippen LogP contribution in [0.2, 0.25) is 0 Å². The Morgan fingerprint density at radius 2 is 2.13 bits per heavy atom. The molecular formula is C10H19BrN2OS. The molecule has 0 bridgehead atoms. The molecule has 1 rings (SSSR count). The van der Waals surface area contributed by atoms with Crippen molar-refractivity contribution in [1.29, 1.82) is 0 Å². The Bertz CT molecular complexity index is 204. The summed E-state index contributed by atoms with van der Waals surface area (Å²) in [4.78, 5) is 16.1. The van der Waals surface area contributed by atoms with Gasteiger partial charge in [-0.15, -0.1) is 0 Å². The fourth-order valence-electron chi connectivity index (χ4n) is 1.78. The Balaban J connectivity index is 2.35. The van der Waals surface area contributed by atoms with Gasteiger partial charge in [-0.05, 0) is 19.2 Å². The maximum absolute atomic E-state index is 11.7. The van der Waals surface area contributed by atoms with E-state index in [-0.39, 0.29) is 0 Å². The Labute approximate surface area is 105 Å². The van der Waals surface area contributed by atoms with Gasteiger partial charge in [0.05, 0.1) is 5.75 Å². The van der Waals surface area contributed by atoms with Gasteiger partial charge in [0.25, 0.3) is 0 Å². The SMILES string of the molecule is CSCC(=O)N1CCCN(CCBr)CC1. The summed E-state index contributed by atoms with van der Waals surface area (Å²) in [5.74, 6) is 0.918. The molecule has 3 nitrogen and oxygen atoms in total. The van der Waals surface area contributed by atoms with Gasteiger partial charge in [0.1, 0.15) is 0 Å². The van der Waals surface area contributed by atoms with Crippen LogP contribution in [-0.4, -0.2) is 65.8 Å². The van der Waals surface area contributed by atoms with Gasteiger partial charge in [0.2, 0.25) is 5.91 Å². The van der Waals surface area contributed by atoms with E-state index < -0.39 is 0 Å². The van der Waals surface area contributed by atoms with E-state index in [1.54, 1.807) is 11.8 Å². The van der Waals surface area contributed by atoms with Gasteiger partial charge in [-0.25, -0.2) is 0 Å². The first-order chi connectivity index (χ1) is 7.27. The van der Waals surface area contributed by atoms with Gasteiger partial charge in [0.15, 0.2) is 0 Å². The van der Waals surface area contributed by atoms with Crippen LogP contribution in [0.1, 0.15) is 6.42 Å². The second kappa shape index (κ2) is 7.52. The van der Waals surface area contributed by atoms with E-state index in [2.05, 4.69) is 20.8 Å². The van der Waals surface area contributed by atoms with Crippen molar-refractivity contribution >= 4 is 33.6 Å². The average molecular weight is 295 g/mol. The fraction of sp³-hybridized carbons (Fsp3) is 0.900. The Hall–Kier alpha value is 0.260. The number of amides is 1. The van der Waals surface area contributed by atoms with Gasteiger partial charge in [-0.3, -0.25) is 4.79 Å². The predicted octanol–water partition coefficient (Wildman–Crippen LogP) is 1.28. The molecule has 0 aromatic rings. The molecular weight excluding hydrogens is 276 g/mol. The van der Waals surface area contributed by atoms with Gasteiger partial charge in [0, 0.05) is 31.5 Å². The highest BCUT2D eigenvalue weighted by Crippen LogP contribution is 2.06. The Morgan fingerprint density at radius 3 is 2.80 bits per heavy atom. The predicted molar refractivity (Wildman–Crippen MR) is 69.8 cm³/mol. The molecule has 0 unspecified atom stereocenters. The summed E-state index contributed by atoms with van der Waals surface area (Å²) < 4.78 is 0. The molecule has 0 atom stereocenters. The highest BCUT2D eigenvalue weighted by atomic mass is 79.9. The van der Waals surface area contributed by atoms with Crippen molar-refractivity contribution in [2.75, 3.05) is 50.1 Å². The fourth-order valence-corrected chi connectivity index (χ4v) is 2.71. The van der Waals surface area contributed by atoms with Crippen molar-refractivity contribution in [3.8, 4) is 0 Å². The van der Waals surface area contributed by atoms with Crippen molar-refractivity contribution < 1.29 is 4.79 Å². The molecule has 0 radical (unpaired) electrons. The van der Waals surface area contributed by atoms with Crippen molar-refractivity contribution in [2.24, 2.45) is 0 Å². The quantitative estimate of drug-likeness (QED) is 0.730. The second-order valence-corrected chi connectivity index (χ2v) is 5.36. The summed E-state index contributed by atoms with van der Waals surface area (Å²) >= 11 is 5.06. The summed E-state index contributed by atoms with van der Waals surface area (Å²) in [5, 5.41) is 1.02. The van der Waals surface area contributed by atoms with Crippen molar-refractivity contribution in [3.63, 3.8) is 0 Å². The third-order valence-electron chi connectivity index (χ3n) is 2.61. The normalized spacial score (nSPS) is 18.9. The Kier molecular flexibility index (Phi) is 6.68. The summed E-state index contributed by atoms with van der Waals surface area (Å²) in [7, 11) is 0. The largest absolute Gasteiger partial charge is 0.341 e. The highest BCUT2D eigenvalue weighted by molar-refractivity contribution is 9.09. The van der Waals surface area contributed by atoms with Crippen LogP contribution < -0.4 is 0 Å². The number of nitrogens with zero attached hydrogens (tertiary/aromatic N) is 2. The summed E-state index contributed by atoms with van der Waals surface area (Å²) in [6.45, 7) is 5.05. The van der Waals surface area contributed by atoms with E-state index in [9.17, 15) is 4.79 Å². The topological polar surface area (TPSA) is 23.6 Å². The molecule has 1 aliphatic heterocycles. The van der Waals surface area contributed by atoms with Crippen LogP contribution in [-0.2, 0) is 4.79 Å². The van der Waals surface area contributed by atoms with Crippen LogP contribution in [0.3, 0.4) is 0 Å². The first-order valence-electron chi connectivity index (χ1n) is 5.33. The number of carbonyl (C=O) groups is 1. The molecule has 1 saturated heterocycles.